The van der Waals surface area contributed by atoms with Gasteiger partial charge in [0.25, 0.3) is 0 Å². The monoisotopic (exact) mass is 364 g/mol. The molecule has 25 heavy (non-hydrogen) atoms. The molecule has 1 rings (SSSR count). The average Bonchev–Trinajstić information content (AvgIpc) is 2.58. The highest BCUT2D eigenvalue weighted by Crippen LogP contribution is 2.30. The first-order valence-electron chi connectivity index (χ1n) is 9.21. The third-order valence-corrected chi connectivity index (χ3v) is 4.68. The molecule has 0 heterocycles. The van der Waals surface area contributed by atoms with Crippen LogP contribution in [0, 0.1) is 0 Å². The predicted molar refractivity (Wildman–Crippen MR) is 106 cm³/mol. The van der Waals surface area contributed by atoms with E-state index in [1.807, 2.05) is 13.8 Å². The molecule has 0 saturated carbocycles. The highest BCUT2D eigenvalue weighted by atomic mass is 28.1. The summed E-state index contributed by atoms with van der Waals surface area (Å²) in [5.41, 5.74) is 1.68. The molecule has 0 aliphatic rings. The summed E-state index contributed by atoms with van der Waals surface area (Å²) < 4.78 is 16.8. The van der Waals surface area contributed by atoms with Crippen LogP contribution >= 0.6 is 0 Å². The Labute approximate surface area is 155 Å². The number of carbonyl (C=O) groups excluding carboxylic acids is 1. The summed E-state index contributed by atoms with van der Waals surface area (Å²) in [6, 6.07) is 4.33. The van der Waals surface area contributed by atoms with Gasteiger partial charge in [0.05, 0.1) is 19.8 Å². The highest BCUT2D eigenvalue weighted by Gasteiger charge is 2.13. The molecule has 0 bridgehead atoms. The van der Waals surface area contributed by atoms with E-state index in [0.717, 1.165) is 53.8 Å². The van der Waals surface area contributed by atoms with Gasteiger partial charge in [-0.1, -0.05) is 31.6 Å². The molecule has 1 aromatic carbocycles. The Kier molecular flexibility index (Phi) is 10.00. The molecule has 140 valence electrons. The van der Waals surface area contributed by atoms with E-state index < -0.39 is 0 Å². The van der Waals surface area contributed by atoms with Crippen molar-refractivity contribution in [2.24, 2.45) is 0 Å². The minimum atomic E-state index is -0.298. The van der Waals surface area contributed by atoms with Gasteiger partial charge in [-0.2, -0.15) is 0 Å². The smallest absolute Gasteiger partial charge is 0.333 e. The van der Waals surface area contributed by atoms with E-state index in [1.54, 1.807) is 6.92 Å². The average molecular weight is 365 g/mol. The maximum Gasteiger partial charge on any atom is 0.333 e. The van der Waals surface area contributed by atoms with Gasteiger partial charge in [0, 0.05) is 15.8 Å². The van der Waals surface area contributed by atoms with Gasteiger partial charge in [-0.15, -0.1) is 0 Å². The topological polar surface area (TPSA) is 44.8 Å². The first kappa shape index (κ1) is 21.3. The Morgan fingerprint density at radius 1 is 1.04 bits per heavy atom. The highest BCUT2D eigenvalue weighted by molar-refractivity contribution is 6.34. The second-order valence-corrected chi connectivity index (χ2v) is 7.22. The number of hydrogen-bond donors (Lipinski definition) is 0. The molecule has 0 unspecified atom stereocenters. The van der Waals surface area contributed by atoms with Crippen molar-refractivity contribution in [2.45, 2.75) is 52.9 Å². The summed E-state index contributed by atoms with van der Waals surface area (Å²) in [5, 5.41) is 1.24. The van der Waals surface area contributed by atoms with E-state index in [-0.39, 0.29) is 5.97 Å². The molecule has 0 saturated heterocycles. The Hall–Kier alpha value is -1.75. The Balaban J connectivity index is 2.45. The summed E-state index contributed by atoms with van der Waals surface area (Å²) in [6.07, 6.45) is 5.09. The molecule has 4 nitrogen and oxygen atoms in total. The zero-order valence-corrected chi connectivity index (χ0v) is 18.2. The van der Waals surface area contributed by atoms with Gasteiger partial charge in [0.2, 0.25) is 0 Å². The van der Waals surface area contributed by atoms with Crippen LogP contribution in [0.5, 0.6) is 11.5 Å². The standard InChI is InChI=1S/C20H32O4Si/c1-5-22-18-16(12-13-17(25)19(18)23-6-2)11-9-7-8-10-14-24-20(21)15(3)4/h12-13H,3,5-11,14H2,1-2,4,25H3. The van der Waals surface area contributed by atoms with Crippen LogP contribution in [0.4, 0.5) is 0 Å². The fourth-order valence-corrected chi connectivity index (χ4v) is 3.12. The minimum absolute atomic E-state index is 0.298. The van der Waals surface area contributed by atoms with Crippen LogP contribution in [0.2, 0.25) is 0 Å². The molecule has 0 aliphatic heterocycles. The predicted octanol–water partition coefficient (Wildman–Crippen LogP) is 2.70. The molecular weight excluding hydrogens is 332 g/mol. The third-order valence-electron chi connectivity index (χ3n) is 3.89. The van der Waals surface area contributed by atoms with Crippen molar-refractivity contribution in [3.8, 4) is 11.5 Å². The fraction of sp³-hybridized carbons (Fsp3) is 0.550. The van der Waals surface area contributed by atoms with E-state index in [4.69, 9.17) is 14.2 Å². The molecule has 1 aromatic rings. The Morgan fingerprint density at radius 2 is 1.68 bits per heavy atom. The van der Waals surface area contributed by atoms with Gasteiger partial charge in [-0.25, -0.2) is 4.79 Å². The second-order valence-electron chi connectivity index (χ2n) is 6.15. The van der Waals surface area contributed by atoms with E-state index >= 15 is 0 Å². The molecule has 0 fully saturated rings. The van der Waals surface area contributed by atoms with Crippen LogP contribution in [0.1, 0.15) is 52.0 Å². The number of benzene rings is 1. The summed E-state index contributed by atoms with van der Waals surface area (Å²) in [6.45, 7) is 11.0. The summed E-state index contributed by atoms with van der Waals surface area (Å²) in [7, 11) is 0.944. The number of unbranched alkanes of at least 4 members (excludes halogenated alkanes) is 3. The second kappa shape index (κ2) is 11.7. The molecule has 0 N–H and O–H groups in total. The van der Waals surface area contributed by atoms with Crippen molar-refractivity contribution in [2.75, 3.05) is 19.8 Å². The normalized spacial score (nSPS) is 10.5. The molecule has 0 amide bonds. The zero-order valence-electron chi connectivity index (χ0n) is 16.2. The lowest BCUT2D eigenvalue weighted by molar-refractivity contribution is -0.139. The van der Waals surface area contributed by atoms with Gasteiger partial charge in [-0.05, 0) is 50.8 Å². The maximum absolute atomic E-state index is 11.3. The zero-order chi connectivity index (χ0) is 18.7. The van der Waals surface area contributed by atoms with E-state index in [1.165, 1.54) is 10.8 Å². The summed E-state index contributed by atoms with van der Waals surface area (Å²) >= 11 is 0. The van der Waals surface area contributed by atoms with Crippen molar-refractivity contribution < 1.29 is 19.0 Å². The molecule has 0 aromatic heterocycles. The van der Waals surface area contributed by atoms with Gasteiger partial charge in [0.15, 0.2) is 11.5 Å². The van der Waals surface area contributed by atoms with Crippen molar-refractivity contribution in [3.05, 3.63) is 29.8 Å². The quantitative estimate of drug-likeness (QED) is 0.248. The van der Waals surface area contributed by atoms with Crippen LogP contribution in [-0.4, -0.2) is 36.0 Å². The van der Waals surface area contributed by atoms with Crippen molar-refractivity contribution >= 4 is 21.4 Å². The number of hydrogen-bond acceptors (Lipinski definition) is 4. The number of ether oxygens (including phenoxy) is 3. The van der Waals surface area contributed by atoms with Crippen LogP contribution < -0.4 is 14.7 Å². The van der Waals surface area contributed by atoms with Crippen LogP contribution in [-0.2, 0) is 16.0 Å². The fourth-order valence-electron chi connectivity index (χ4n) is 2.58. The largest absolute Gasteiger partial charge is 0.490 e. The molecular formula is C20H32O4Si. The molecule has 0 spiro atoms. The minimum Gasteiger partial charge on any atom is -0.490 e. The first-order chi connectivity index (χ1) is 12.0. The molecule has 0 radical (unpaired) electrons. The number of rotatable bonds is 12. The maximum atomic E-state index is 11.3. The SMILES string of the molecule is C=C(C)C(=O)OCCCCCCc1ccc([SiH3])c(OCC)c1OCC. The van der Waals surface area contributed by atoms with Gasteiger partial charge >= 0.3 is 5.97 Å². The lowest BCUT2D eigenvalue weighted by atomic mass is 10.0. The number of carbonyl (C=O) groups is 1. The van der Waals surface area contributed by atoms with Gasteiger partial charge in [-0.3, -0.25) is 0 Å². The van der Waals surface area contributed by atoms with E-state index in [2.05, 4.69) is 18.7 Å². The van der Waals surface area contributed by atoms with Crippen molar-refractivity contribution in [1.29, 1.82) is 0 Å². The van der Waals surface area contributed by atoms with Crippen LogP contribution in [0.3, 0.4) is 0 Å². The lowest BCUT2D eigenvalue weighted by Gasteiger charge is -2.17. The van der Waals surface area contributed by atoms with Crippen molar-refractivity contribution in [1.82, 2.24) is 0 Å². The third kappa shape index (κ3) is 7.34. The summed E-state index contributed by atoms with van der Waals surface area (Å²) in [4.78, 5) is 11.3. The van der Waals surface area contributed by atoms with Crippen molar-refractivity contribution in [3.63, 3.8) is 0 Å². The van der Waals surface area contributed by atoms with E-state index in [0.29, 0.717) is 25.4 Å². The van der Waals surface area contributed by atoms with Crippen LogP contribution in [0.15, 0.2) is 24.3 Å². The van der Waals surface area contributed by atoms with Gasteiger partial charge in [0.1, 0.15) is 0 Å². The number of esters is 1. The molecule has 5 heteroatoms. The first-order valence-corrected chi connectivity index (χ1v) is 10.2. The lowest BCUT2D eigenvalue weighted by Crippen LogP contribution is -2.13. The Bertz CT molecular complexity index is 569. The summed E-state index contributed by atoms with van der Waals surface area (Å²) in [5.74, 6) is 1.56. The molecule has 0 aliphatic carbocycles. The number of aryl methyl sites for hydroxylation is 1. The Morgan fingerprint density at radius 3 is 2.32 bits per heavy atom. The van der Waals surface area contributed by atoms with Crippen LogP contribution in [0.25, 0.3) is 0 Å². The molecule has 0 atom stereocenters. The van der Waals surface area contributed by atoms with E-state index in [9.17, 15) is 4.79 Å². The van der Waals surface area contributed by atoms with Gasteiger partial charge < -0.3 is 14.2 Å².